The first kappa shape index (κ1) is 23.2. The van der Waals surface area contributed by atoms with E-state index in [4.69, 9.17) is 14.3 Å². The van der Waals surface area contributed by atoms with E-state index in [-0.39, 0.29) is 24.6 Å². The molecule has 3 rings (SSSR count). The Hall–Kier alpha value is -2.48. The second-order valence-corrected chi connectivity index (χ2v) is 8.03. The molecule has 6 nitrogen and oxygen atoms in total. The molecule has 0 amide bonds. The molecule has 0 aromatic heterocycles. The van der Waals surface area contributed by atoms with Gasteiger partial charge in [0.25, 0.3) is 0 Å². The average Bonchev–Trinajstić information content (AvgIpc) is 3.21. The van der Waals surface area contributed by atoms with E-state index in [2.05, 4.69) is 10.1 Å². The number of aliphatic hydroxyl groups is 1. The van der Waals surface area contributed by atoms with Crippen LogP contribution in [0.2, 0.25) is 0 Å². The van der Waals surface area contributed by atoms with E-state index >= 15 is 0 Å². The summed E-state index contributed by atoms with van der Waals surface area (Å²) in [5.41, 5.74) is 2.13. The van der Waals surface area contributed by atoms with Crippen LogP contribution < -0.4 is 4.74 Å². The van der Waals surface area contributed by atoms with Crippen LogP contribution in [0.25, 0.3) is 0 Å². The molecule has 2 unspecified atom stereocenters. The van der Waals surface area contributed by atoms with Gasteiger partial charge in [-0.3, -0.25) is 4.90 Å². The van der Waals surface area contributed by atoms with Gasteiger partial charge in [0.05, 0.1) is 31.6 Å². The fraction of sp³-hybridized carbons (Fsp3) is 0.458. The molecule has 0 aliphatic carbocycles. The minimum absolute atomic E-state index is 0.0522. The number of aliphatic hydroxyl groups excluding tert-OH is 1. The molecule has 1 aliphatic heterocycles. The number of hydrogen-bond donors (Lipinski definition) is 1. The maximum absolute atomic E-state index is 14.1. The van der Waals surface area contributed by atoms with Crippen LogP contribution >= 0.6 is 0 Å². The van der Waals surface area contributed by atoms with E-state index in [0.29, 0.717) is 37.3 Å². The molecular formula is C24H31FN2O4. The van der Waals surface area contributed by atoms with Gasteiger partial charge >= 0.3 is 0 Å². The number of ether oxygens (including phenoxy) is 2. The standard InChI is InChI=1S/C24H31FN2O4/c1-17(2)30-16-19(28)14-27(13-18-7-6-8-20(11-18)29-3)15-21-12-24(26-31-21)22-9-4-5-10-23(22)25/h4-11,17,19,21,28H,12-16H2,1-3H3. The van der Waals surface area contributed by atoms with Crippen molar-refractivity contribution in [1.82, 2.24) is 4.90 Å². The third-order valence-electron chi connectivity index (χ3n) is 5.01. The van der Waals surface area contributed by atoms with Gasteiger partial charge in [0.15, 0.2) is 0 Å². The number of nitrogens with zero attached hydrogens (tertiary/aromatic N) is 2. The van der Waals surface area contributed by atoms with Crippen molar-refractivity contribution in [3.8, 4) is 5.75 Å². The van der Waals surface area contributed by atoms with Gasteiger partial charge in [0.2, 0.25) is 0 Å². The van der Waals surface area contributed by atoms with E-state index in [1.54, 1.807) is 25.3 Å². The second kappa shape index (κ2) is 11.2. The lowest BCUT2D eigenvalue weighted by atomic mass is 10.0. The van der Waals surface area contributed by atoms with Crippen LogP contribution in [0.5, 0.6) is 5.75 Å². The van der Waals surface area contributed by atoms with Crippen LogP contribution in [-0.2, 0) is 16.1 Å². The van der Waals surface area contributed by atoms with Gasteiger partial charge < -0.3 is 19.4 Å². The lowest BCUT2D eigenvalue weighted by molar-refractivity contribution is -0.0194. The van der Waals surface area contributed by atoms with Crippen molar-refractivity contribution in [1.29, 1.82) is 0 Å². The summed E-state index contributed by atoms with van der Waals surface area (Å²) in [4.78, 5) is 7.71. The molecule has 0 radical (unpaired) electrons. The van der Waals surface area contributed by atoms with E-state index in [0.717, 1.165) is 11.3 Å². The topological polar surface area (TPSA) is 63.5 Å². The summed E-state index contributed by atoms with van der Waals surface area (Å²) in [6.45, 7) is 5.69. The Morgan fingerprint density at radius 3 is 2.77 bits per heavy atom. The largest absolute Gasteiger partial charge is 0.497 e. The maximum Gasteiger partial charge on any atom is 0.145 e. The molecule has 0 spiro atoms. The van der Waals surface area contributed by atoms with Gasteiger partial charge in [-0.25, -0.2) is 4.39 Å². The Morgan fingerprint density at radius 1 is 1.23 bits per heavy atom. The highest BCUT2D eigenvalue weighted by Gasteiger charge is 2.27. The smallest absolute Gasteiger partial charge is 0.145 e. The molecule has 2 atom stereocenters. The van der Waals surface area contributed by atoms with Gasteiger partial charge in [0.1, 0.15) is 17.7 Å². The second-order valence-electron chi connectivity index (χ2n) is 8.03. The Bertz CT molecular complexity index is 874. The average molecular weight is 431 g/mol. The molecular weight excluding hydrogens is 399 g/mol. The maximum atomic E-state index is 14.1. The van der Waals surface area contributed by atoms with Crippen LogP contribution in [-0.4, -0.2) is 60.8 Å². The number of methoxy groups -OCH3 is 1. The summed E-state index contributed by atoms with van der Waals surface area (Å²) < 4.78 is 25.0. The van der Waals surface area contributed by atoms with Crippen LogP contribution in [0.15, 0.2) is 53.7 Å². The predicted octanol–water partition coefficient (Wildman–Crippen LogP) is 3.62. The normalized spacial score (nSPS) is 17.0. The zero-order chi connectivity index (χ0) is 22.2. The third kappa shape index (κ3) is 7.02. The van der Waals surface area contributed by atoms with Crippen molar-refractivity contribution in [3.63, 3.8) is 0 Å². The first-order valence-corrected chi connectivity index (χ1v) is 10.6. The summed E-state index contributed by atoms with van der Waals surface area (Å²) in [6, 6.07) is 14.4. The lowest BCUT2D eigenvalue weighted by Crippen LogP contribution is -2.39. The van der Waals surface area contributed by atoms with Crippen LogP contribution in [0.3, 0.4) is 0 Å². The van der Waals surface area contributed by atoms with Gasteiger partial charge in [-0.15, -0.1) is 0 Å². The highest BCUT2D eigenvalue weighted by atomic mass is 19.1. The summed E-state index contributed by atoms with van der Waals surface area (Å²) in [7, 11) is 1.64. The minimum atomic E-state index is -0.638. The molecule has 168 valence electrons. The van der Waals surface area contributed by atoms with Crippen LogP contribution in [0.4, 0.5) is 4.39 Å². The lowest BCUT2D eigenvalue weighted by Gasteiger charge is -2.27. The summed E-state index contributed by atoms with van der Waals surface area (Å²) in [6.07, 6.45) is -0.301. The summed E-state index contributed by atoms with van der Waals surface area (Å²) >= 11 is 0. The zero-order valence-corrected chi connectivity index (χ0v) is 18.3. The van der Waals surface area contributed by atoms with E-state index in [9.17, 15) is 9.50 Å². The number of hydrogen-bond acceptors (Lipinski definition) is 6. The molecule has 1 heterocycles. The summed E-state index contributed by atoms with van der Waals surface area (Å²) in [5.74, 6) is 0.475. The summed E-state index contributed by atoms with van der Waals surface area (Å²) in [5, 5.41) is 14.6. The van der Waals surface area contributed by atoms with Gasteiger partial charge in [0, 0.05) is 31.6 Å². The molecule has 0 fully saturated rings. The zero-order valence-electron chi connectivity index (χ0n) is 18.3. The van der Waals surface area contributed by atoms with Gasteiger partial charge in [-0.05, 0) is 37.6 Å². The first-order chi connectivity index (χ1) is 14.9. The third-order valence-corrected chi connectivity index (χ3v) is 5.01. The molecule has 1 N–H and O–H groups in total. The fourth-order valence-electron chi connectivity index (χ4n) is 3.56. The Morgan fingerprint density at radius 2 is 2.03 bits per heavy atom. The molecule has 1 aliphatic rings. The minimum Gasteiger partial charge on any atom is -0.497 e. The van der Waals surface area contributed by atoms with Crippen LogP contribution in [0.1, 0.15) is 31.4 Å². The van der Waals surface area contributed by atoms with Crippen molar-refractivity contribution in [3.05, 3.63) is 65.5 Å². The van der Waals surface area contributed by atoms with Gasteiger partial charge in [-0.1, -0.05) is 35.5 Å². The molecule has 7 heteroatoms. The number of rotatable bonds is 11. The van der Waals surface area contributed by atoms with E-state index < -0.39 is 6.10 Å². The molecule has 0 saturated carbocycles. The van der Waals surface area contributed by atoms with E-state index in [1.807, 2.05) is 38.1 Å². The highest BCUT2D eigenvalue weighted by Crippen LogP contribution is 2.21. The number of benzene rings is 2. The number of halogens is 1. The molecule has 2 aromatic rings. The SMILES string of the molecule is COc1cccc(CN(CC(O)COC(C)C)CC2CC(c3ccccc3F)=NO2)c1. The van der Waals surface area contributed by atoms with Crippen molar-refractivity contribution in [2.24, 2.45) is 5.16 Å². The molecule has 31 heavy (non-hydrogen) atoms. The van der Waals surface area contributed by atoms with Crippen molar-refractivity contribution in [2.45, 2.75) is 45.1 Å². The Balaban J connectivity index is 1.65. The van der Waals surface area contributed by atoms with Crippen molar-refractivity contribution in [2.75, 3.05) is 26.8 Å². The van der Waals surface area contributed by atoms with Crippen LogP contribution in [0, 0.1) is 5.82 Å². The molecule has 2 aromatic carbocycles. The predicted molar refractivity (Wildman–Crippen MR) is 118 cm³/mol. The molecule has 0 saturated heterocycles. The fourth-order valence-corrected chi connectivity index (χ4v) is 3.56. The van der Waals surface area contributed by atoms with Gasteiger partial charge in [-0.2, -0.15) is 0 Å². The number of oxime groups is 1. The molecule has 0 bridgehead atoms. The quantitative estimate of drug-likeness (QED) is 0.590. The Kier molecular flexibility index (Phi) is 8.40. The Labute approximate surface area is 183 Å². The van der Waals surface area contributed by atoms with Crippen molar-refractivity contribution < 1.29 is 23.8 Å². The van der Waals surface area contributed by atoms with Crippen molar-refractivity contribution >= 4 is 5.71 Å². The first-order valence-electron chi connectivity index (χ1n) is 10.6. The monoisotopic (exact) mass is 430 g/mol. The highest BCUT2D eigenvalue weighted by molar-refractivity contribution is 6.01. The van der Waals surface area contributed by atoms with E-state index in [1.165, 1.54) is 6.07 Å².